The number of benzene rings is 2. The van der Waals surface area contributed by atoms with Crippen LogP contribution >= 0.6 is 0 Å². The smallest absolute Gasteiger partial charge is 0.338 e. The van der Waals surface area contributed by atoms with Gasteiger partial charge in [0.1, 0.15) is 5.75 Å². The molecule has 154 valence electrons. The number of aryl methyl sites for hydroxylation is 1. The molecule has 29 heavy (non-hydrogen) atoms. The van der Waals surface area contributed by atoms with Crippen molar-refractivity contribution in [2.75, 3.05) is 13.7 Å². The highest BCUT2D eigenvalue weighted by molar-refractivity contribution is 5.99. The third kappa shape index (κ3) is 4.59. The lowest BCUT2D eigenvalue weighted by Crippen LogP contribution is -2.28. The molecule has 1 heterocycles. The number of ether oxygens (including phenoxy) is 3. The molecule has 2 aromatic rings. The minimum atomic E-state index is -1.23. The van der Waals surface area contributed by atoms with Crippen LogP contribution in [-0.2, 0) is 20.7 Å². The van der Waals surface area contributed by atoms with Gasteiger partial charge < -0.3 is 19.3 Å². The normalized spacial score (nSPS) is 14.5. The Morgan fingerprint density at radius 2 is 1.93 bits per heavy atom. The van der Waals surface area contributed by atoms with Crippen molar-refractivity contribution in [1.82, 2.24) is 0 Å². The molecule has 0 fully saturated rings. The lowest BCUT2D eigenvalue weighted by atomic mass is 9.89. The zero-order valence-electron chi connectivity index (χ0n) is 17.2. The molecule has 3 rings (SSSR count). The first-order chi connectivity index (χ1) is 13.7. The van der Waals surface area contributed by atoms with Gasteiger partial charge >= 0.3 is 11.9 Å². The quantitative estimate of drug-likeness (QED) is 0.752. The molecule has 1 N–H and O–H groups in total. The summed E-state index contributed by atoms with van der Waals surface area (Å²) in [6, 6.07) is 10.6. The van der Waals surface area contributed by atoms with Gasteiger partial charge in [-0.3, -0.25) is 0 Å². The van der Waals surface area contributed by atoms with Crippen LogP contribution in [0.25, 0.3) is 11.1 Å². The fraction of sp³-hybridized carbons (Fsp3) is 0.391. The molecule has 0 saturated heterocycles. The zero-order chi connectivity index (χ0) is 21.2. The first-order valence-corrected chi connectivity index (χ1v) is 9.59. The summed E-state index contributed by atoms with van der Waals surface area (Å²) in [5.74, 6) is -0.835. The van der Waals surface area contributed by atoms with Crippen LogP contribution in [0.4, 0.5) is 0 Å². The van der Waals surface area contributed by atoms with E-state index in [2.05, 4.69) is 0 Å². The van der Waals surface area contributed by atoms with E-state index in [4.69, 9.17) is 14.2 Å². The summed E-state index contributed by atoms with van der Waals surface area (Å²) in [7, 11) is 1.31. The third-order valence-electron chi connectivity index (χ3n) is 4.68. The van der Waals surface area contributed by atoms with Gasteiger partial charge in [-0.2, -0.15) is 0 Å². The fourth-order valence-corrected chi connectivity index (χ4v) is 3.51. The summed E-state index contributed by atoms with van der Waals surface area (Å²) in [6.07, 6.45) is 0.536. The number of methoxy groups -OCH3 is 1. The largest absolute Gasteiger partial charge is 0.493 e. The number of fused-ring (bicyclic) bond motifs is 1. The zero-order valence-corrected chi connectivity index (χ0v) is 17.2. The molecule has 0 bridgehead atoms. The SMILES string of the molecule is COC(=O)c1cccc(C(OC(C)(C)C)C(=O)O)c1-c1ccc2c(c1)CCCO2. The van der Waals surface area contributed by atoms with E-state index in [1.165, 1.54) is 7.11 Å². The van der Waals surface area contributed by atoms with Crippen molar-refractivity contribution in [3.63, 3.8) is 0 Å². The Morgan fingerprint density at radius 3 is 2.59 bits per heavy atom. The number of hydrogen-bond donors (Lipinski definition) is 1. The average Bonchev–Trinajstić information content (AvgIpc) is 2.69. The average molecular weight is 398 g/mol. The van der Waals surface area contributed by atoms with E-state index in [9.17, 15) is 14.7 Å². The summed E-state index contributed by atoms with van der Waals surface area (Å²) in [4.78, 5) is 24.6. The standard InChI is InChI=1S/C23H26O6/c1-23(2,3)29-20(21(24)25)16-8-5-9-17(22(26)27-4)19(16)15-10-11-18-14(13-15)7-6-12-28-18/h5,8-11,13,20H,6-7,12H2,1-4H3,(H,24,25). The number of carbonyl (C=O) groups excluding carboxylic acids is 1. The molecule has 0 amide bonds. The Labute approximate surface area is 170 Å². The number of carboxylic acids is 1. The molecule has 0 aromatic heterocycles. The van der Waals surface area contributed by atoms with Gasteiger partial charge in [0.2, 0.25) is 0 Å². The van der Waals surface area contributed by atoms with E-state index in [0.29, 0.717) is 23.3 Å². The molecule has 1 aliphatic heterocycles. The van der Waals surface area contributed by atoms with Crippen molar-refractivity contribution in [1.29, 1.82) is 0 Å². The number of carboxylic acid groups (broad SMARTS) is 1. The lowest BCUT2D eigenvalue weighted by Gasteiger charge is -2.27. The van der Waals surface area contributed by atoms with Gasteiger partial charge in [0.25, 0.3) is 0 Å². The van der Waals surface area contributed by atoms with Crippen LogP contribution in [0.15, 0.2) is 36.4 Å². The molecule has 0 saturated carbocycles. The van der Waals surface area contributed by atoms with Crippen molar-refractivity contribution in [3.05, 3.63) is 53.1 Å². The Kier molecular flexibility index (Phi) is 5.94. The van der Waals surface area contributed by atoms with Crippen molar-refractivity contribution >= 4 is 11.9 Å². The fourth-order valence-electron chi connectivity index (χ4n) is 3.51. The van der Waals surface area contributed by atoms with Crippen LogP contribution in [0, 0.1) is 0 Å². The maximum absolute atomic E-state index is 12.5. The second kappa shape index (κ2) is 8.25. The molecule has 0 aliphatic carbocycles. The summed E-state index contributed by atoms with van der Waals surface area (Å²) in [6.45, 7) is 6.06. The van der Waals surface area contributed by atoms with Crippen LogP contribution < -0.4 is 4.74 Å². The summed E-state index contributed by atoms with van der Waals surface area (Å²) in [5, 5.41) is 9.88. The van der Waals surface area contributed by atoms with Gasteiger partial charge in [0.15, 0.2) is 6.10 Å². The van der Waals surface area contributed by atoms with Crippen LogP contribution in [0.2, 0.25) is 0 Å². The van der Waals surface area contributed by atoms with E-state index in [0.717, 1.165) is 29.7 Å². The summed E-state index contributed by atoms with van der Waals surface area (Å²) >= 11 is 0. The third-order valence-corrected chi connectivity index (χ3v) is 4.68. The van der Waals surface area contributed by atoms with Crippen molar-refractivity contribution < 1.29 is 28.9 Å². The van der Waals surface area contributed by atoms with Gasteiger partial charge in [-0.15, -0.1) is 0 Å². The molecule has 6 nitrogen and oxygen atoms in total. The predicted molar refractivity (Wildman–Crippen MR) is 108 cm³/mol. The minimum Gasteiger partial charge on any atom is -0.493 e. The second-order valence-corrected chi connectivity index (χ2v) is 7.98. The van der Waals surface area contributed by atoms with Crippen molar-refractivity contribution in [2.24, 2.45) is 0 Å². The van der Waals surface area contributed by atoms with Gasteiger partial charge in [-0.25, -0.2) is 9.59 Å². The Bertz CT molecular complexity index is 925. The highest BCUT2D eigenvalue weighted by Gasteiger charge is 2.31. The van der Waals surface area contributed by atoms with Crippen LogP contribution in [0.1, 0.15) is 54.8 Å². The van der Waals surface area contributed by atoms with Gasteiger partial charge in [-0.1, -0.05) is 18.2 Å². The molecule has 0 radical (unpaired) electrons. The highest BCUT2D eigenvalue weighted by atomic mass is 16.5. The summed E-state index contributed by atoms with van der Waals surface area (Å²) in [5.41, 5.74) is 2.28. The van der Waals surface area contributed by atoms with E-state index < -0.39 is 23.6 Å². The topological polar surface area (TPSA) is 82.1 Å². The van der Waals surface area contributed by atoms with E-state index >= 15 is 0 Å². The second-order valence-electron chi connectivity index (χ2n) is 7.98. The molecule has 1 aliphatic rings. The minimum absolute atomic E-state index is 0.297. The summed E-state index contributed by atoms with van der Waals surface area (Å²) < 4.78 is 16.5. The molecular weight excluding hydrogens is 372 g/mol. The number of aliphatic carboxylic acids is 1. The van der Waals surface area contributed by atoms with Gasteiger partial charge in [0, 0.05) is 11.1 Å². The Balaban J connectivity index is 2.22. The molecule has 1 atom stereocenters. The van der Waals surface area contributed by atoms with Gasteiger partial charge in [0.05, 0.1) is 24.9 Å². The van der Waals surface area contributed by atoms with E-state index in [1.54, 1.807) is 39.0 Å². The van der Waals surface area contributed by atoms with Crippen molar-refractivity contribution in [2.45, 2.75) is 45.3 Å². The number of hydrogen-bond acceptors (Lipinski definition) is 5. The first-order valence-electron chi connectivity index (χ1n) is 9.59. The Hall–Kier alpha value is -2.86. The van der Waals surface area contributed by atoms with E-state index in [-0.39, 0.29) is 0 Å². The molecule has 6 heteroatoms. The Morgan fingerprint density at radius 1 is 1.17 bits per heavy atom. The monoisotopic (exact) mass is 398 g/mol. The predicted octanol–water partition coefficient (Wildman–Crippen LogP) is 4.41. The lowest BCUT2D eigenvalue weighted by molar-refractivity contribution is -0.160. The molecule has 2 aromatic carbocycles. The molecular formula is C23H26O6. The van der Waals surface area contributed by atoms with Crippen LogP contribution in [0.3, 0.4) is 0 Å². The van der Waals surface area contributed by atoms with Gasteiger partial charge in [-0.05, 0) is 62.9 Å². The first kappa shape index (κ1) is 20.9. The van der Waals surface area contributed by atoms with E-state index in [1.807, 2.05) is 18.2 Å². The maximum Gasteiger partial charge on any atom is 0.338 e. The van der Waals surface area contributed by atoms with Crippen LogP contribution in [-0.4, -0.2) is 36.4 Å². The highest BCUT2D eigenvalue weighted by Crippen LogP contribution is 2.38. The number of esters is 1. The van der Waals surface area contributed by atoms with Crippen LogP contribution in [0.5, 0.6) is 5.75 Å². The molecule has 0 spiro atoms. The number of rotatable bonds is 5. The number of carbonyl (C=O) groups is 2. The van der Waals surface area contributed by atoms with Crippen molar-refractivity contribution in [3.8, 4) is 16.9 Å². The molecule has 1 unspecified atom stereocenters. The maximum atomic E-state index is 12.5.